The first kappa shape index (κ1) is 31.4. The maximum atomic E-state index is 14.4. The number of carbonyl (C=O) groups is 1. The standard InChI is InChI=1S/C37H30F5N5O/c1-21(2)23-8-10-24(11-9-23)30-19-32(37(40,41)42)46-33(43-30)20-31(44-46)36(48)47-35(25-12-16-28(39)17-13-25)29-5-3-4-26(34(29)45-47)18-22-6-14-27(38)15-7-22/h6-21,29,35H,3-5H2,1-2H3/b26-18+/t29-,35+/m0/s1. The zero-order chi connectivity index (χ0) is 33.7. The number of hydrazone groups is 1. The van der Waals surface area contributed by atoms with Crippen molar-refractivity contribution in [3.05, 3.63) is 130 Å². The van der Waals surface area contributed by atoms with Crippen LogP contribution in [0.1, 0.15) is 77.9 Å². The number of aromatic nitrogens is 3. The van der Waals surface area contributed by atoms with E-state index in [0.29, 0.717) is 34.2 Å². The molecule has 0 saturated heterocycles. The molecule has 2 atom stereocenters. The summed E-state index contributed by atoms with van der Waals surface area (Å²) in [4.78, 5) is 18.7. The smallest absolute Gasteiger partial charge is 0.265 e. The van der Waals surface area contributed by atoms with Crippen LogP contribution in [0.5, 0.6) is 0 Å². The van der Waals surface area contributed by atoms with Crippen LogP contribution >= 0.6 is 0 Å². The molecule has 1 aliphatic heterocycles. The fourth-order valence-corrected chi connectivity index (χ4v) is 6.51. The van der Waals surface area contributed by atoms with E-state index in [-0.39, 0.29) is 34.7 Å². The van der Waals surface area contributed by atoms with Crippen LogP contribution in [0.3, 0.4) is 0 Å². The van der Waals surface area contributed by atoms with Crippen molar-refractivity contribution in [2.75, 3.05) is 0 Å². The third-order valence-electron chi connectivity index (χ3n) is 8.94. The van der Waals surface area contributed by atoms with Gasteiger partial charge in [-0.2, -0.15) is 23.4 Å². The molecule has 1 fully saturated rings. The van der Waals surface area contributed by atoms with E-state index < -0.39 is 29.6 Å². The molecule has 2 aliphatic rings. The van der Waals surface area contributed by atoms with Crippen molar-refractivity contribution in [3.8, 4) is 11.3 Å². The molecule has 7 rings (SSSR count). The highest BCUT2D eigenvalue weighted by Crippen LogP contribution is 2.45. The van der Waals surface area contributed by atoms with E-state index in [0.717, 1.165) is 29.2 Å². The molecule has 1 amide bonds. The van der Waals surface area contributed by atoms with E-state index in [2.05, 4.69) is 10.1 Å². The second-order valence-corrected chi connectivity index (χ2v) is 12.5. The minimum atomic E-state index is -4.79. The molecule has 1 saturated carbocycles. The number of nitrogens with zero attached hydrogens (tertiary/aromatic N) is 5. The SMILES string of the molecule is CC(C)c1ccc(-c2cc(C(F)(F)F)n3nc(C(=O)N4N=C5/C(=C/c6ccc(F)cc6)CCC[C@@H]5[C@H]4c4ccc(F)cc4)cc3n2)cc1. The van der Waals surface area contributed by atoms with Crippen LogP contribution in [0.15, 0.2) is 95.6 Å². The second-order valence-electron chi connectivity index (χ2n) is 12.5. The molecule has 0 spiro atoms. The average Bonchev–Trinajstić information content (AvgIpc) is 3.68. The predicted octanol–water partition coefficient (Wildman–Crippen LogP) is 9.25. The van der Waals surface area contributed by atoms with E-state index in [1.54, 1.807) is 36.4 Å². The first-order valence-corrected chi connectivity index (χ1v) is 15.7. The molecule has 5 aromatic rings. The number of benzene rings is 3. The summed E-state index contributed by atoms with van der Waals surface area (Å²) in [6, 6.07) is 20.5. The van der Waals surface area contributed by atoms with Crippen LogP contribution in [0.4, 0.5) is 22.0 Å². The molecule has 11 heteroatoms. The highest BCUT2D eigenvalue weighted by molar-refractivity contribution is 6.09. The van der Waals surface area contributed by atoms with Crippen molar-refractivity contribution in [3.63, 3.8) is 0 Å². The summed E-state index contributed by atoms with van der Waals surface area (Å²) in [5.74, 6) is -1.54. The largest absolute Gasteiger partial charge is 0.433 e. The van der Waals surface area contributed by atoms with E-state index in [4.69, 9.17) is 5.10 Å². The Kier molecular flexibility index (Phi) is 7.93. The number of amides is 1. The van der Waals surface area contributed by atoms with E-state index in [1.807, 2.05) is 32.1 Å². The second kappa shape index (κ2) is 12.1. The Hall–Kier alpha value is -5.19. The van der Waals surface area contributed by atoms with Crippen molar-refractivity contribution in [2.24, 2.45) is 11.0 Å². The van der Waals surface area contributed by atoms with Gasteiger partial charge in [0.15, 0.2) is 17.0 Å². The van der Waals surface area contributed by atoms with Gasteiger partial charge in [-0.15, -0.1) is 0 Å². The monoisotopic (exact) mass is 655 g/mol. The Bertz CT molecular complexity index is 2060. The number of halogens is 5. The molecule has 3 aromatic carbocycles. The summed E-state index contributed by atoms with van der Waals surface area (Å²) in [6.45, 7) is 4.05. The molecule has 2 aromatic heterocycles. The van der Waals surface area contributed by atoms with E-state index in [1.165, 1.54) is 35.3 Å². The highest BCUT2D eigenvalue weighted by atomic mass is 19.4. The maximum absolute atomic E-state index is 14.4. The molecule has 3 heterocycles. The van der Waals surface area contributed by atoms with Crippen molar-refractivity contribution in [2.45, 2.75) is 51.2 Å². The van der Waals surface area contributed by atoms with Gasteiger partial charge in [0.1, 0.15) is 11.6 Å². The third kappa shape index (κ3) is 5.89. The molecular formula is C37H30F5N5O. The lowest BCUT2D eigenvalue weighted by Crippen LogP contribution is -2.32. The maximum Gasteiger partial charge on any atom is 0.433 e. The van der Waals surface area contributed by atoms with Gasteiger partial charge in [-0.25, -0.2) is 23.3 Å². The number of carbonyl (C=O) groups excluding carboxylic acids is 1. The fraction of sp³-hybridized carbons (Fsp3) is 0.243. The lowest BCUT2D eigenvalue weighted by Gasteiger charge is -2.29. The Morgan fingerprint density at radius 2 is 1.58 bits per heavy atom. The first-order valence-electron chi connectivity index (χ1n) is 15.7. The minimum absolute atomic E-state index is 0.0937. The van der Waals surface area contributed by atoms with Gasteiger partial charge in [0, 0.05) is 17.5 Å². The Labute approximate surface area is 273 Å². The van der Waals surface area contributed by atoms with Gasteiger partial charge in [-0.05, 0) is 83.9 Å². The molecule has 1 aliphatic carbocycles. The normalized spacial score (nSPS) is 18.9. The summed E-state index contributed by atoms with van der Waals surface area (Å²) in [5, 5.41) is 10.1. The Morgan fingerprint density at radius 3 is 2.23 bits per heavy atom. The van der Waals surface area contributed by atoms with Gasteiger partial charge < -0.3 is 0 Å². The summed E-state index contributed by atoms with van der Waals surface area (Å²) in [5.41, 5.74) is 3.05. The number of allylic oxidation sites excluding steroid dienone is 1. The quantitative estimate of drug-likeness (QED) is 0.177. The third-order valence-corrected chi connectivity index (χ3v) is 8.94. The molecule has 244 valence electrons. The van der Waals surface area contributed by atoms with Crippen LogP contribution in [0, 0.1) is 17.6 Å². The fourth-order valence-electron chi connectivity index (χ4n) is 6.51. The van der Waals surface area contributed by atoms with Gasteiger partial charge in [0.2, 0.25) is 0 Å². The van der Waals surface area contributed by atoms with Gasteiger partial charge in [0.25, 0.3) is 5.91 Å². The molecule has 6 nitrogen and oxygen atoms in total. The molecule has 0 bridgehead atoms. The van der Waals surface area contributed by atoms with Crippen molar-refractivity contribution >= 4 is 23.3 Å². The molecule has 0 N–H and O–H groups in total. The average molecular weight is 656 g/mol. The van der Waals surface area contributed by atoms with Gasteiger partial charge in [-0.3, -0.25) is 4.79 Å². The number of alkyl halides is 3. The van der Waals surface area contributed by atoms with Crippen molar-refractivity contribution in [1.29, 1.82) is 0 Å². The van der Waals surface area contributed by atoms with Crippen molar-refractivity contribution in [1.82, 2.24) is 19.6 Å². The van der Waals surface area contributed by atoms with Crippen LogP contribution in [0.2, 0.25) is 0 Å². The van der Waals surface area contributed by atoms with E-state index >= 15 is 0 Å². The van der Waals surface area contributed by atoms with Crippen LogP contribution in [0.25, 0.3) is 23.0 Å². The Balaban J connectivity index is 1.32. The predicted molar refractivity (Wildman–Crippen MR) is 172 cm³/mol. The lowest BCUT2D eigenvalue weighted by molar-refractivity contribution is -0.142. The molecular weight excluding hydrogens is 625 g/mol. The van der Waals surface area contributed by atoms with Gasteiger partial charge in [0.05, 0.1) is 17.4 Å². The zero-order valence-electron chi connectivity index (χ0n) is 26.0. The topological polar surface area (TPSA) is 62.9 Å². The summed E-state index contributed by atoms with van der Waals surface area (Å²) in [7, 11) is 0. The Morgan fingerprint density at radius 1 is 0.917 bits per heavy atom. The summed E-state index contributed by atoms with van der Waals surface area (Å²) in [6.07, 6.45) is -0.765. The molecule has 48 heavy (non-hydrogen) atoms. The summed E-state index contributed by atoms with van der Waals surface area (Å²) >= 11 is 0. The first-order chi connectivity index (χ1) is 23.0. The number of hydrogen-bond donors (Lipinski definition) is 0. The van der Waals surface area contributed by atoms with Crippen molar-refractivity contribution < 1.29 is 26.7 Å². The molecule has 0 unspecified atom stereocenters. The zero-order valence-corrected chi connectivity index (χ0v) is 26.0. The highest BCUT2D eigenvalue weighted by Gasteiger charge is 2.45. The van der Waals surface area contributed by atoms with E-state index in [9.17, 15) is 26.7 Å². The van der Waals surface area contributed by atoms with Crippen LogP contribution < -0.4 is 0 Å². The van der Waals surface area contributed by atoms with Gasteiger partial charge in [-0.1, -0.05) is 62.4 Å². The number of rotatable bonds is 5. The minimum Gasteiger partial charge on any atom is -0.265 e. The number of fused-ring (bicyclic) bond motifs is 2. The van der Waals surface area contributed by atoms with Gasteiger partial charge >= 0.3 is 6.18 Å². The number of hydrogen-bond acceptors (Lipinski definition) is 4. The van der Waals surface area contributed by atoms with Crippen LogP contribution in [-0.2, 0) is 6.18 Å². The molecule has 0 radical (unpaired) electrons. The summed E-state index contributed by atoms with van der Waals surface area (Å²) < 4.78 is 71.4. The van der Waals surface area contributed by atoms with Crippen LogP contribution in [-0.4, -0.2) is 31.2 Å². The lowest BCUT2D eigenvalue weighted by atomic mass is 9.77.